The lowest BCUT2D eigenvalue weighted by atomic mass is 10.0. The average Bonchev–Trinajstić information content (AvgIpc) is 3.28. The molecule has 0 aromatic heterocycles. The molecule has 0 bridgehead atoms. The molecular weight excluding hydrogens is 842 g/mol. The van der Waals surface area contributed by atoms with Gasteiger partial charge in [-0.3, -0.25) is 18.6 Å². The van der Waals surface area contributed by atoms with Crippen molar-refractivity contribution in [3.05, 3.63) is 60.8 Å². The number of allylic oxidation sites excluding steroid dienone is 10. The van der Waals surface area contributed by atoms with Gasteiger partial charge in [0.1, 0.15) is 12.7 Å². The van der Waals surface area contributed by atoms with E-state index in [9.17, 15) is 34.1 Å². The summed E-state index contributed by atoms with van der Waals surface area (Å²) in [4.78, 5) is 46.1. The summed E-state index contributed by atoms with van der Waals surface area (Å²) in [7, 11) is -4.77. The van der Waals surface area contributed by atoms with Crippen LogP contribution in [0.1, 0.15) is 226 Å². The van der Waals surface area contributed by atoms with Gasteiger partial charge in [-0.15, -0.1) is 0 Å². The van der Waals surface area contributed by atoms with Crippen LogP contribution in [0, 0.1) is 0 Å². The Balaban J connectivity index is 3.86. The van der Waals surface area contributed by atoms with Crippen molar-refractivity contribution in [3.63, 3.8) is 0 Å². The molecule has 0 aromatic rings. The van der Waals surface area contributed by atoms with Crippen molar-refractivity contribution >= 4 is 25.7 Å². The third-order valence-corrected chi connectivity index (χ3v) is 12.0. The Kier molecular flexibility index (Phi) is 45.6. The number of aliphatic hydroxyl groups excluding tert-OH is 1. The highest BCUT2D eigenvalue weighted by Crippen LogP contribution is 2.43. The van der Waals surface area contributed by atoms with Crippen molar-refractivity contribution in [1.29, 1.82) is 0 Å². The van der Waals surface area contributed by atoms with Gasteiger partial charge in [-0.25, -0.2) is 9.36 Å². The van der Waals surface area contributed by atoms with Gasteiger partial charge in [0.2, 0.25) is 5.91 Å². The van der Waals surface area contributed by atoms with E-state index in [2.05, 4.69) is 79.9 Å². The summed E-state index contributed by atoms with van der Waals surface area (Å²) in [6, 6.07) is -1.55. The van der Waals surface area contributed by atoms with E-state index >= 15 is 0 Å². The number of carbonyl (C=O) groups excluding carboxylic acids is 2. The third kappa shape index (κ3) is 47.5. The minimum atomic E-state index is -4.77. The molecule has 0 aliphatic heterocycles. The topological polar surface area (TPSA) is 169 Å². The molecule has 0 saturated heterocycles. The number of carboxylic acid groups (broad SMARTS) is 1. The summed E-state index contributed by atoms with van der Waals surface area (Å²) in [5.41, 5.74) is 0. The molecule has 4 N–H and O–H groups in total. The first-order valence-corrected chi connectivity index (χ1v) is 27.3. The van der Waals surface area contributed by atoms with E-state index < -0.39 is 57.6 Å². The van der Waals surface area contributed by atoms with Gasteiger partial charge in [0, 0.05) is 12.8 Å². The maximum absolute atomic E-state index is 12.4. The third-order valence-electron chi connectivity index (χ3n) is 11.1. The monoisotopic (exact) mass is 936 g/mol. The van der Waals surface area contributed by atoms with Crippen molar-refractivity contribution in [1.82, 2.24) is 5.32 Å². The van der Waals surface area contributed by atoms with Gasteiger partial charge in [-0.2, -0.15) is 0 Å². The number of hydrogen-bond donors (Lipinski definition) is 4. The second kappa shape index (κ2) is 47.7. The fourth-order valence-corrected chi connectivity index (χ4v) is 7.88. The number of unbranched alkanes of at least 4 members (excludes halogenated alkanes) is 24. The first kappa shape index (κ1) is 62.2. The van der Waals surface area contributed by atoms with Crippen LogP contribution in [-0.4, -0.2) is 64.9 Å². The van der Waals surface area contributed by atoms with Gasteiger partial charge in [-0.05, 0) is 57.8 Å². The molecule has 0 spiro atoms. The van der Waals surface area contributed by atoms with E-state index in [4.69, 9.17) is 13.8 Å². The zero-order chi connectivity index (χ0) is 47.7. The molecular formula is C53H94NO10P. The minimum absolute atomic E-state index is 0.145. The van der Waals surface area contributed by atoms with Crippen LogP contribution in [0.25, 0.3) is 0 Å². The predicted octanol–water partition coefficient (Wildman–Crippen LogP) is 14.3. The molecule has 0 aromatic carbocycles. The Bertz CT molecular complexity index is 1330. The van der Waals surface area contributed by atoms with Gasteiger partial charge in [0.15, 0.2) is 6.04 Å². The number of ether oxygens (including phenoxy) is 1. The second-order valence-electron chi connectivity index (χ2n) is 17.3. The van der Waals surface area contributed by atoms with Crippen LogP contribution in [0.5, 0.6) is 0 Å². The van der Waals surface area contributed by atoms with Crippen LogP contribution in [0.2, 0.25) is 0 Å². The summed E-state index contributed by atoms with van der Waals surface area (Å²) in [6.45, 7) is 2.48. The number of phosphoric ester groups is 1. The zero-order valence-corrected chi connectivity index (χ0v) is 41.9. The van der Waals surface area contributed by atoms with Gasteiger partial charge in [0.25, 0.3) is 0 Å². The molecule has 0 saturated carbocycles. The van der Waals surface area contributed by atoms with Crippen molar-refractivity contribution in [2.24, 2.45) is 0 Å². The lowest BCUT2D eigenvalue weighted by Gasteiger charge is -2.18. The van der Waals surface area contributed by atoms with Crippen molar-refractivity contribution in [2.45, 2.75) is 238 Å². The Labute approximate surface area is 396 Å². The highest BCUT2D eigenvalue weighted by molar-refractivity contribution is 7.47. The summed E-state index contributed by atoms with van der Waals surface area (Å²) in [6.07, 6.45) is 56.7. The van der Waals surface area contributed by atoms with E-state index in [1.807, 2.05) is 0 Å². The van der Waals surface area contributed by atoms with Crippen LogP contribution >= 0.6 is 7.82 Å². The number of aliphatic hydroxyl groups is 1. The van der Waals surface area contributed by atoms with Crippen LogP contribution in [0.3, 0.4) is 0 Å². The van der Waals surface area contributed by atoms with E-state index in [0.717, 1.165) is 70.6 Å². The molecule has 3 unspecified atom stereocenters. The van der Waals surface area contributed by atoms with Gasteiger partial charge in [-0.1, -0.05) is 216 Å². The molecule has 0 fully saturated rings. The normalized spacial score (nSPS) is 14.0. The maximum Gasteiger partial charge on any atom is 0.472 e. The predicted molar refractivity (Wildman–Crippen MR) is 268 cm³/mol. The molecule has 0 rings (SSSR count). The number of carbonyl (C=O) groups is 3. The van der Waals surface area contributed by atoms with E-state index in [0.29, 0.717) is 12.8 Å². The molecule has 1 amide bonds. The van der Waals surface area contributed by atoms with E-state index in [1.54, 1.807) is 0 Å². The SMILES string of the molecule is CC/C=C\C/C=C\C/C=C\C/C=C\C/C=C\CCCCCC(=O)OCC(O)COP(=O)(O)OCC(NC(=O)CCCCCCCCCCCCCCCCCCCCCCCC)C(=O)O. The summed E-state index contributed by atoms with van der Waals surface area (Å²) < 4.78 is 26.9. The number of rotatable bonds is 48. The first-order valence-electron chi connectivity index (χ1n) is 25.8. The number of esters is 1. The Morgan fingerprint density at radius 3 is 1.34 bits per heavy atom. The number of amides is 1. The molecule has 0 radical (unpaired) electrons. The smallest absolute Gasteiger partial charge is 0.472 e. The number of nitrogens with one attached hydrogen (secondary N) is 1. The lowest BCUT2D eigenvalue weighted by molar-refractivity contribution is -0.147. The highest BCUT2D eigenvalue weighted by atomic mass is 31.2. The van der Waals surface area contributed by atoms with Crippen molar-refractivity contribution in [2.75, 3.05) is 19.8 Å². The number of carboxylic acids is 1. The molecule has 376 valence electrons. The molecule has 0 heterocycles. The standard InChI is InChI=1S/C53H94NO10P/c1-3-5-7-9-11-13-15-17-19-21-23-24-25-27-28-30-32-34-36-38-40-42-44-51(56)54-50(53(58)59)48-64-65(60,61)63-47-49(55)46-62-52(57)45-43-41-39-37-35-33-31-29-26-22-20-18-16-14-12-10-8-6-4-2/h6,8,12,14,18,20,26,29,33,35,49-50,55H,3-5,7,9-11,13,15-17,19,21-25,27-28,30-32,34,36-48H2,1-2H3,(H,54,56)(H,58,59)(H,60,61)/b8-6-,14-12-,20-18-,29-26-,35-33-. The van der Waals surface area contributed by atoms with Gasteiger partial charge in [0.05, 0.1) is 13.2 Å². The van der Waals surface area contributed by atoms with Crippen LogP contribution in [0.4, 0.5) is 0 Å². The fourth-order valence-electron chi connectivity index (χ4n) is 7.11. The van der Waals surface area contributed by atoms with E-state index in [1.165, 1.54) is 116 Å². The molecule has 65 heavy (non-hydrogen) atoms. The molecule has 11 nitrogen and oxygen atoms in total. The Morgan fingerprint density at radius 1 is 0.508 bits per heavy atom. The number of hydrogen-bond acceptors (Lipinski definition) is 8. The van der Waals surface area contributed by atoms with E-state index in [-0.39, 0.29) is 12.8 Å². The van der Waals surface area contributed by atoms with Crippen LogP contribution in [0.15, 0.2) is 60.8 Å². The Morgan fingerprint density at radius 2 is 0.892 bits per heavy atom. The number of aliphatic carboxylic acids is 1. The van der Waals surface area contributed by atoms with Crippen LogP contribution in [-0.2, 0) is 32.7 Å². The molecule has 0 aliphatic rings. The Hall–Kier alpha value is -2.82. The fraction of sp³-hybridized carbons (Fsp3) is 0.755. The molecule has 0 aliphatic carbocycles. The van der Waals surface area contributed by atoms with Crippen LogP contribution < -0.4 is 5.32 Å². The maximum atomic E-state index is 12.4. The van der Waals surface area contributed by atoms with Crippen molar-refractivity contribution in [3.8, 4) is 0 Å². The average molecular weight is 936 g/mol. The quantitative estimate of drug-likeness (QED) is 0.0199. The largest absolute Gasteiger partial charge is 0.480 e. The summed E-state index contributed by atoms with van der Waals surface area (Å²) in [5, 5.41) is 21.9. The van der Waals surface area contributed by atoms with Gasteiger partial charge >= 0.3 is 19.8 Å². The summed E-state index contributed by atoms with van der Waals surface area (Å²) in [5.74, 6) is -2.40. The van der Waals surface area contributed by atoms with Crippen molar-refractivity contribution < 1.29 is 47.8 Å². The minimum Gasteiger partial charge on any atom is -0.480 e. The lowest BCUT2D eigenvalue weighted by Crippen LogP contribution is -2.43. The molecule has 3 atom stereocenters. The highest BCUT2D eigenvalue weighted by Gasteiger charge is 2.28. The first-order chi connectivity index (χ1) is 31.6. The van der Waals surface area contributed by atoms with Gasteiger partial charge < -0.3 is 25.2 Å². The summed E-state index contributed by atoms with van der Waals surface area (Å²) >= 11 is 0. The zero-order valence-electron chi connectivity index (χ0n) is 41.0. The number of phosphoric acid groups is 1. The molecule has 12 heteroatoms. The second-order valence-corrected chi connectivity index (χ2v) is 18.8.